The first kappa shape index (κ1) is 12.4. The van der Waals surface area contributed by atoms with Crippen LogP contribution >= 0.6 is 15.9 Å². The summed E-state index contributed by atoms with van der Waals surface area (Å²) >= 11 is 3.56. The molecular formula is C13H16BrNO2. The van der Waals surface area contributed by atoms with Crippen molar-refractivity contribution in [3.63, 3.8) is 0 Å². The number of carbonyl (C=O) groups is 1. The Hall–Kier alpha value is -1.03. The van der Waals surface area contributed by atoms with Gasteiger partial charge in [0.2, 0.25) is 0 Å². The van der Waals surface area contributed by atoms with Crippen molar-refractivity contribution in [2.45, 2.75) is 24.6 Å². The quantitative estimate of drug-likeness (QED) is 0.810. The number of carbonyl (C=O) groups excluding carboxylic acids is 1. The van der Waals surface area contributed by atoms with Crippen molar-refractivity contribution in [2.75, 3.05) is 13.1 Å². The number of phenols is 1. The summed E-state index contributed by atoms with van der Waals surface area (Å²) < 4.78 is 0. The van der Waals surface area contributed by atoms with E-state index in [0.717, 1.165) is 31.5 Å². The molecule has 0 aliphatic carbocycles. The van der Waals surface area contributed by atoms with Crippen molar-refractivity contribution in [1.82, 2.24) is 4.90 Å². The fourth-order valence-electron chi connectivity index (χ4n) is 2.04. The number of halogens is 1. The summed E-state index contributed by atoms with van der Waals surface area (Å²) in [6.45, 7) is 3.40. The van der Waals surface area contributed by atoms with Crippen molar-refractivity contribution >= 4 is 21.8 Å². The maximum atomic E-state index is 12.2. The molecule has 1 heterocycles. The molecule has 1 aliphatic rings. The molecule has 1 aliphatic heterocycles. The van der Waals surface area contributed by atoms with E-state index in [0.29, 0.717) is 10.4 Å². The number of aryl methyl sites for hydroxylation is 1. The summed E-state index contributed by atoms with van der Waals surface area (Å²) in [5.74, 6) is 0.0119. The standard InChI is InChI=1S/C13H16BrNO2/c1-9-2-3-11(12(16)8-9)13(17)15-6-4-10(14)5-7-15/h2-3,8,10,16H,4-7H2,1H3. The van der Waals surface area contributed by atoms with Gasteiger partial charge >= 0.3 is 0 Å². The zero-order valence-corrected chi connectivity index (χ0v) is 11.4. The van der Waals surface area contributed by atoms with E-state index in [1.807, 2.05) is 17.9 Å². The fraction of sp³-hybridized carbons (Fsp3) is 0.462. The maximum absolute atomic E-state index is 12.2. The Morgan fingerprint density at radius 2 is 2.06 bits per heavy atom. The largest absolute Gasteiger partial charge is 0.507 e. The van der Waals surface area contributed by atoms with Crippen LogP contribution in [0.3, 0.4) is 0 Å². The molecular weight excluding hydrogens is 282 g/mol. The minimum absolute atomic E-state index is 0.0677. The SMILES string of the molecule is Cc1ccc(C(=O)N2CCC(Br)CC2)c(O)c1. The van der Waals surface area contributed by atoms with Crippen LogP contribution in [-0.4, -0.2) is 33.8 Å². The molecule has 17 heavy (non-hydrogen) atoms. The monoisotopic (exact) mass is 297 g/mol. The van der Waals surface area contributed by atoms with Gasteiger partial charge in [0.15, 0.2) is 0 Å². The maximum Gasteiger partial charge on any atom is 0.257 e. The molecule has 0 unspecified atom stereocenters. The summed E-state index contributed by atoms with van der Waals surface area (Å²) in [6.07, 6.45) is 1.94. The molecule has 0 bridgehead atoms. The Morgan fingerprint density at radius 1 is 1.41 bits per heavy atom. The van der Waals surface area contributed by atoms with Crippen molar-refractivity contribution in [1.29, 1.82) is 0 Å². The zero-order valence-electron chi connectivity index (χ0n) is 9.82. The summed E-state index contributed by atoms with van der Waals surface area (Å²) in [4.78, 5) is 14.5. The van der Waals surface area contributed by atoms with E-state index in [4.69, 9.17) is 0 Å². The molecule has 1 N–H and O–H groups in total. The lowest BCUT2D eigenvalue weighted by atomic mass is 10.1. The van der Waals surface area contributed by atoms with Gasteiger partial charge in [-0.05, 0) is 37.5 Å². The lowest BCUT2D eigenvalue weighted by Crippen LogP contribution is -2.38. The fourth-order valence-corrected chi connectivity index (χ4v) is 2.45. The number of likely N-dealkylation sites (tertiary alicyclic amines) is 1. The highest BCUT2D eigenvalue weighted by atomic mass is 79.9. The molecule has 2 rings (SSSR count). The van der Waals surface area contributed by atoms with Gasteiger partial charge in [0, 0.05) is 17.9 Å². The highest BCUT2D eigenvalue weighted by molar-refractivity contribution is 9.09. The van der Waals surface area contributed by atoms with Gasteiger partial charge in [-0.15, -0.1) is 0 Å². The second kappa shape index (κ2) is 5.08. The number of benzene rings is 1. The lowest BCUT2D eigenvalue weighted by Gasteiger charge is -2.29. The number of nitrogens with zero attached hydrogens (tertiary/aromatic N) is 1. The average Bonchev–Trinajstić information content (AvgIpc) is 2.29. The smallest absolute Gasteiger partial charge is 0.257 e. The minimum Gasteiger partial charge on any atom is -0.507 e. The molecule has 1 amide bonds. The molecule has 4 heteroatoms. The minimum atomic E-state index is -0.0677. The van der Waals surface area contributed by atoms with Crippen LogP contribution in [0, 0.1) is 6.92 Å². The van der Waals surface area contributed by atoms with Crippen LogP contribution in [0.2, 0.25) is 0 Å². The van der Waals surface area contributed by atoms with Gasteiger partial charge in [0.05, 0.1) is 5.56 Å². The Morgan fingerprint density at radius 3 is 2.65 bits per heavy atom. The van der Waals surface area contributed by atoms with Crippen molar-refractivity contribution in [3.8, 4) is 5.75 Å². The lowest BCUT2D eigenvalue weighted by molar-refractivity contribution is 0.0725. The van der Waals surface area contributed by atoms with Crippen LogP contribution < -0.4 is 0 Å². The topological polar surface area (TPSA) is 40.5 Å². The predicted molar refractivity (Wildman–Crippen MR) is 70.7 cm³/mol. The van der Waals surface area contributed by atoms with Gasteiger partial charge in [-0.3, -0.25) is 4.79 Å². The number of alkyl halides is 1. The van der Waals surface area contributed by atoms with Crippen LogP contribution in [0.1, 0.15) is 28.8 Å². The predicted octanol–water partition coefficient (Wildman–Crippen LogP) is 2.70. The van der Waals surface area contributed by atoms with Gasteiger partial charge in [-0.1, -0.05) is 22.0 Å². The number of aromatic hydroxyl groups is 1. The molecule has 0 atom stereocenters. The number of phenolic OH excluding ortho intramolecular Hbond substituents is 1. The number of piperidine rings is 1. The van der Waals surface area contributed by atoms with Gasteiger partial charge in [0.25, 0.3) is 5.91 Å². The molecule has 1 aromatic carbocycles. The van der Waals surface area contributed by atoms with Crippen LogP contribution in [0.4, 0.5) is 0 Å². The number of hydrogen-bond acceptors (Lipinski definition) is 2. The van der Waals surface area contributed by atoms with E-state index in [9.17, 15) is 9.90 Å². The van der Waals surface area contributed by atoms with Crippen LogP contribution in [0.15, 0.2) is 18.2 Å². The molecule has 0 saturated carbocycles. The third kappa shape index (κ3) is 2.80. The molecule has 92 valence electrons. The molecule has 1 fully saturated rings. The van der Waals surface area contributed by atoms with E-state index in [2.05, 4.69) is 15.9 Å². The van der Waals surface area contributed by atoms with Crippen LogP contribution in [0.5, 0.6) is 5.75 Å². The Bertz CT molecular complexity index is 425. The van der Waals surface area contributed by atoms with Gasteiger partial charge < -0.3 is 10.0 Å². The van der Waals surface area contributed by atoms with E-state index in [1.165, 1.54) is 0 Å². The summed E-state index contributed by atoms with van der Waals surface area (Å²) in [5.41, 5.74) is 1.36. The Balaban J connectivity index is 2.14. The van der Waals surface area contributed by atoms with E-state index in [-0.39, 0.29) is 11.7 Å². The average molecular weight is 298 g/mol. The van der Waals surface area contributed by atoms with E-state index >= 15 is 0 Å². The number of hydrogen-bond donors (Lipinski definition) is 1. The van der Waals surface area contributed by atoms with E-state index < -0.39 is 0 Å². The third-order valence-corrected chi connectivity index (χ3v) is 4.01. The molecule has 1 saturated heterocycles. The summed E-state index contributed by atoms with van der Waals surface area (Å²) in [5, 5.41) is 9.79. The molecule has 0 radical (unpaired) electrons. The first-order valence-corrected chi connectivity index (χ1v) is 6.72. The highest BCUT2D eigenvalue weighted by Crippen LogP contribution is 2.23. The molecule has 1 aromatic rings. The van der Waals surface area contributed by atoms with Gasteiger partial charge in [-0.25, -0.2) is 0 Å². The second-order valence-electron chi connectivity index (χ2n) is 4.49. The van der Waals surface area contributed by atoms with E-state index in [1.54, 1.807) is 12.1 Å². The zero-order chi connectivity index (χ0) is 12.4. The van der Waals surface area contributed by atoms with Gasteiger partial charge in [0.1, 0.15) is 5.75 Å². The number of amides is 1. The first-order valence-electron chi connectivity index (χ1n) is 5.81. The van der Waals surface area contributed by atoms with Crippen molar-refractivity contribution in [2.24, 2.45) is 0 Å². The Kier molecular flexibility index (Phi) is 3.72. The first-order chi connectivity index (χ1) is 8.08. The van der Waals surface area contributed by atoms with Crippen molar-refractivity contribution in [3.05, 3.63) is 29.3 Å². The normalized spacial score (nSPS) is 17.2. The Labute approximate surface area is 110 Å². The molecule has 0 spiro atoms. The second-order valence-corrected chi connectivity index (χ2v) is 5.78. The molecule has 3 nitrogen and oxygen atoms in total. The van der Waals surface area contributed by atoms with Crippen LogP contribution in [-0.2, 0) is 0 Å². The molecule has 0 aromatic heterocycles. The number of rotatable bonds is 1. The highest BCUT2D eigenvalue weighted by Gasteiger charge is 2.23. The van der Waals surface area contributed by atoms with Crippen molar-refractivity contribution < 1.29 is 9.90 Å². The summed E-state index contributed by atoms with van der Waals surface area (Å²) in [6, 6.07) is 5.18. The third-order valence-electron chi connectivity index (χ3n) is 3.10. The van der Waals surface area contributed by atoms with Gasteiger partial charge in [-0.2, -0.15) is 0 Å². The summed E-state index contributed by atoms with van der Waals surface area (Å²) in [7, 11) is 0. The van der Waals surface area contributed by atoms with Crippen LogP contribution in [0.25, 0.3) is 0 Å².